The number of nitrogens with one attached hydrogen (secondary N) is 2. The lowest BCUT2D eigenvalue weighted by molar-refractivity contribution is 0.0912. The number of carbonyl (C=O) groups excluding carboxylic acids is 2. The predicted octanol–water partition coefficient (Wildman–Crippen LogP) is 1.43. The van der Waals surface area contributed by atoms with Crippen molar-refractivity contribution < 1.29 is 18.7 Å². The van der Waals surface area contributed by atoms with Gasteiger partial charge in [0.2, 0.25) is 0 Å². The molecule has 0 saturated heterocycles. The molecular weight excluding hydrogens is 268 g/mol. The van der Waals surface area contributed by atoms with E-state index in [0.29, 0.717) is 10.2 Å². The normalized spacial score (nSPS) is 9.47. The third-order valence-corrected chi connectivity index (χ3v) is 1.80. The third-order valence-electron chi connectivity index (χ3n) is 1.38. The van der Waals surface area contributed by atoms with Crippen molar-refractivity contribution in [3.63, 3.8) is 0 Å². The Labute approximate surface area is 94.1 Å². The second kappa shape index (κ2) is 5.40. The molecule has 6 nitrogen and oxygen atoms in total. The summed E-state index contributed by atoms with van der Waals surface area (Å²) in [5, 5.41) is 0. The van der Waals surface area contributed by atoms with E-state index in [9.17, 15) is 9.59 Å². The lowest BCUT2D eigenvalue weighted by Gasteiger charge is -2.05. The van der Waals surface area contributed by atoms with Gasteiger partial charge in [0.15, 0.2) is 4.67 Å². The van der Waals surface area contributed by atoms with Gasteiger partial charge in [-0.2, -0.15) is 0 Å². The van der Waals surface area contributed by atoms with E-state index >= 15 is 0 Å². The molecule has 0 aliphatic carbocycles. The van der Waals surface area contributed by atoms with Crippen LogP contribution in [0.25, 0.3) is 0 Å². The number of ether oxygens (including phenoxy) is 1. The molecule has 15 heavy (non-hydrogen) atoms. The molecule has 1 aromatic heterocycles. The maximum absolute atomic E-state index is 11.3. The zero-order chi connectivity index (χ0) is 11.3. The molecule has 0 spiro atoms. The third kappa shape index (κ3) is 3.62. The monoisotopic (exact) mass is 276 g/mol. The van der Waals surface area contributed by atoms with Crippen LogP contribution in [0.15, 0.2) is 21.4 Å². The van der Waals surface area contributed by atoms with E-state index in [-0.39, 0.29) is 6.61 Å². The average Bonchev–Trinajstić information content (AvgIpc) is 2.62. The van der Waals surface area contributed by atoms with Gasteiger partial charge in [-0.1, -0.05) is 0 Å². The summed E-state index contributed by atoms with van der Waals surface area (Å²) < 4.78 is 9.82. The predicted molar refractivity (Wildman–Crippen MR) is 54.0 cm³/mol. The minimum Gasteiger partial charge on any atom is -0.457 e. The van der Waals surface area contributed by atoms with Crippen molar-refractivity contribution in [3.8, 4) is 0 Å². The van der Waals surface area contributed by atoms with Gasteiger partial charge in [0.1, 0.15) is 6.26 Å². The summed E-state index contributed by atoms with van der Waals surface area (Å²) in [5.41, 5.74) is 4.52. The van der Waals surface area contributed by atoms with Gasteiger partial charge in [0.25, 0.3) is 5.91 Å². The van der Waals surface area contributed by atoms with Crippen LogP contribution in [-0.2, 0) is 4.74 Å². The SMILES string of the molecule is CCOC(=O)NNC(=O)c1coc(Br)c1. The van der Waals surface area contributed by atoms with Gasteiger partial charge in [0, 0.05) is 6.07 Å². The second-order valence-electron chi connectivity index (χ2n) is 2.44. The molecule has 0 aliphatic heterocycles. The molecule has 0 aliphatic rings. The fourth-order valence-corrected chi connectivity index (χ4v) is 1.12. The van der Waals surface area contributed by atoms with Crippen LogP contribution >= 0.6 is 15.9 Å². The maximum atomic E-state index is 11.3. The van der Waals surface area contributed by atoms with Crippen molar-refractivity contribution in [1.82, 2.24) is 10.9 Å². The van der Waals surface area contributed by atoms with E-state index in [0.717, 1.165) is 0 Å². The van der Waals surface area contributed by atoms with Gasteiger partial charge in [-0.05, 0) is 22.9 Å². The smallest absolute Gasteiger partial charge is 0.426 e. The molecule has 1 rings (SSSR count). The van der Waals surface area contributed by atoms with E-state index in [4.69, 9.17) is 4.42 Å². The average molecular weight is 277 g/mol. The molecule has 0 saturated carbocycles. The van der Waals surface area contributed by atoms with Crippen molar-refractivity contribution in [2.45, 2.75) is 6.92 Å². The Balaban J connectivity index is 2.40. The van der Waals surface area contributed by atoms with Crippen LogP contribution in [0.3, 0.4) is 0 Å². The topological polar surface area (TPSA) is 80.6 Å². The van der Waals surface area contributed by atoms with E-state index in [1.54, 1.807) is 6.92 Å². The standard InChI is InChI=1S/C8H9BrN2O4/c1-2-14-8(13)11-10-7(12)5-3-6(9)15-4-5/h3-4H,2H2,1H3,(H,10,12)(H,11,13). The molecule has 0 bridgehead atoms. The number of hydrogen-bond acceptors (Lipinski definition) is 4. The highest BCUT2D eigenvalue weighted by Crippen LogP contribution is 2.13. The Morgan fingerprint density at radius 2 is 2.27 bits per heavy atom. The molecule has 0 radical (unpaired) electrons. The van der Waals surface area contributed by atoms with Gasteiger partial charge in [-0.15, -0.1) is 0 Å². The van der Waals surface area contributed by atoms with Crippen LogP contribution < -0.4 is 10.9 Å². The fraction of sp³-hybridized carbons (Fsp3) is 0.250. The number of rotatable bonds is 2. The molecule has 1 heterocycles. The summed E-state index contributed by atoms with van der Waals surface area (Å²) >= 11 is 3.05. The molecule has 0 unspecified atom stereocenters. The first kappa shape index (κ1) is 11.6. The summed E-state index contributed by atoms with van der Waals surface area (Å²) in [7, 11) is 0. The van der Waals surface area contributed by atoms with Gasteiger partial charge in [0.05, 0.1) is 12.2 Å². The highest BCUT2D eigenvalue weighted by Gasteiger charge is 2.09. The van der Waals surface area contributed by atoms with E-state index in [1.165, 1.54) is 12.3 Å². The molecule has 0 aromatic carbocycles. The molecule has 7 heteroatoms. The highest BCUT2D eigenvalue weighted by atomic mass is 79.9. The van der Waals surface area contributed by atoms with Crippen molar-refractivity contribution in [1.29, 1.82) is 0 Å². The Kier molecular flexibility index (Phi) is 4.17. The number of furan rings is 1. The van der Waals surface area contributed by atoms with Gasteiger partial charge in [-0.25, -0.2) is 10.2 Å². The van der Waals surface area contributed by atoms with E-state index in [2.05, 4.69) is 31.5 Å². The Bertz CT molecular complexity index is 363. The molecule has 1 aromatic rings. The number of amides is 2. The quantitative estimate of drug-likeness (QED) is 0.801. The highest BCUT2D eigenvalue weighted by molar-refractivity contribution is 9.10. The minimum absolute atomic E-state index is 0.235. The van der Waals surface area contributed by atoms with Crippen LogP contribution in [0.4, 0.5) is 4.79 Å². The Hall–Kier alpha value is -1.50. The summed E-state index contributed by atoms with van der Waals surface area (Å²) in [6, 6.07) is 1.47. The molecule has 2 N–H and O–H groups in total. The first-order valence-corrected chi connectivity index (χ1v) is 4.90. The van der Waals surface area contributed by atoms with E-state index in [1.807, 2.05) is 0 Å². The summed E-state index contributed by atoms with van der Waals surface area (Å²) in [6.45, 7) is 1.90. The first-order chi connectivity index (χ1) is 7.13. The summed E-state index contributed by atoms with van der Waals surface area (Å²) in [6.07, 6.45) is 0.542. The van der Waals surface area contributed by atoms with Crippen molar-refractivity contribution in [2.24, 2.45) is 0 Å². The lowest BCUT2D eigenvalue weighted by atomic mass is 10.3. The number of halogens is 1. The molecule has 0 atom stereocenters. The molecule has 2 amide bonds. The van der Waals surface area contributed by atoms with Gasteiger partial charge in [-0.3, -0.25) is 10.2 Å². The van der Waals surface area contributed by atoms with Gasteiger partial charge >= 0.3 is 6.09 Å². The van der Waals surface area contributed by atoms with Crippen LogP contribution in [0.1, 0.15) is 17.3 Å². The largest absolute Gasteiger partial charge is 0.457 e. The van der Waals surface area contributed by atoms with Gasteiger partial charge < -0.3 is 9.15 Å². The van der Waals surface area contributed by atoms with Crippen LogP contribution in [0, 0.1) is 0 Å². The zero-order valence-electron chi connectivity index (χ0n) is 7.87. The lowest BCUT2D eigenvalue weighted by Crippen LogP contribution is -2.41. The molecule has 0 fully saturated rings. The van der Waals surface area contributed by atoms with Crippen LogP contribution in [-0.4, -0.2) is 18.6 Å². The van der Waals surface area contributed by atoms with Crippen LogP contribution in [0.2, 0.25) is 0 Å². The Morgan fingerprint density at radius 3 is 2.80 bits per heavy atom. The summed E-state index contributed by atoms with van der Waals surface area (Å²) in [4.78, 5) is 22.1. The zero-order valence-corrected chi connectivity index (χ0v) is 9.46. The van der Waals surface area contributed by atoms with Crippen molar-refractivity contribution >= 4 is 27.9 Å². The van der Waals surface area contributed by atoms with Crippen molar-refractivity contribution in [2.75, 3.05) is 6.61 Å². The number of carbonyl (C=O) groups is 2. The van der Waals surface area contributed by atoms with E-state index < -0.39 is 12.0 Å². The molecule has 82 valence electrons. The van der Waals surface area contributed by atoms with Crippen molar-refractivity contribution in [3.05, 3.63) is 22.6 Å². The number of hydrogen-bond donors (Lipinski definition) is 2. The number of hydrazine groups is 1. The Morgan fingerprint density at radius 1 is 1.53 bits per heavy atom. The maximum Gasteiger partial charge on any atom is 0.426 e. The van der Waals surface area contributed by atoms with Crippen LogP contribution in [0.5, 0.6) is 0 Å². The fourth-order valence-electron chi connectivity index (χ4n) is 0.776. The summed E-state index contributed by atoms with van der Waals surface area (Å²) in [5.74, 6) is -0.488. The molecular formula is C8H9BrN2O4. The minimum atomic E-state index is -0.714. The second-order valence-corrected chi connectivity index (χ2v) is 3.22. The first-order valence-electron chi connectivity index (χ1n) is 4.10.